The summed E-state index contributed by atoms with van der Waals surface area (Å²) in [5.41, 5.74) is 7.68. The number of allylic oxidation sites excluding steroid dienone is 1. The predicted molar refractivity (Wildman–Crippen MR) is 90.1 cm³/mol. The Labute approximate surface area is 129 Å². The summed E-state index contributed by atoms with van der Waals surface area (Å²) in [5, 5.41) is 0. The minimum Gasteiger partial charge on any atom is -0.366 e. The molecular weight excluding hydrogens is 258 g/mol. The molecule has 21 heavy (non-hydrogen) atoms. The van der Waals surface area contributed by atoms with Crippen molar-refractivity contribution in [2.75, 3.05) is 0 Å². The molecule has 2 N–H and O–H groups in total. The molecule has 0 heterocycles. The molecule has 2 heteroatoms. The van der Waals surface area contributed by atoms with Crippen LogP contribution in [0.4, 0.5) is 0 Å². The zero-order valence-corrected chi connectivity index (χ0v) is 13.5. The lowest BCUT2D eigenvalue weighted by molar-refractivity contribution is -0.114. The Morgan fingerprint density at radius 1 is 1.19 bits per heavy atom. The second kappa shape index (κ2) is 10.2. The van der Waals surface area contributed by atoms with Gasteiger partial charge in [-0.15, -0.1) is 0 Å². The molecule has 0 aliphatic carbocycles. The molecule has 0 saturated carbocycles. The van der Waals surface area contributed by atoms with Gasteiger partial charge in [-0.2, -0.15) is 0 Å². The molecule has 1 unspecified atom stereocenters. The fraction of sp³-hybridized carbons (Fsp3) is 0.526. The number of nitrogens with two attached hydrogens (primary N) is 1. The maximum Gasteiger partial charge on any atom is 0.244 e. The van der Waals surface area contributed by atoms with Crippen LogP contribution in [0.25, 0.3) is 0 Å². The van der Waals surface area contributed by atoms with E-state index in [1.54, 1.807) is 0 Å². The molecule has 1 amide bonds. The number of primary amides is 1. The maximum atomic E-state index is 11.5. The quantitative estimate of drug-likeness (QED) is 0.480. The van der Waals surface area contributed by atoms with E-state index in [-0.39, 0.29) is 5.91 Å². The third kappa shape index (κ3) is 6.61. The zero-order chi connectivity index (χ0) is 15.5. The van der Waals surface area contributed by atoms with E-state index < -0.39 is 0 Å². The fourth-order valence-corrected chi connectivity index (χ4v) is 2.68. The van der Waals surface area contributed by atoms with Gasteiger partial charge in [0.15, 0.2) is 0 Å². The average molecular weight is 287 g/mol. The van der Waals surface area contributed by atoms with Gasteiger partial charge in [0.2, 0.25) is 5.91 Å². The number of unbranched alkanes of at least 4 members (excludes halogenated alkanes) is 2. The summed E-state index contributed by atoms with van der Waals surface area (Å²) in [6.07, 6.45) is 9.35. The SMILES string of the molecule is CCCC/C=C(/CCCC(CC)c1ccccc1)C(N)=O. The molecule has 0 aliphatic heterocycles. The first-order chi connectivity index (χ1) is 10.2. The van der Waals surface area contributed by atoms with Crippen molar-refractivity contribution >= 4 is 5.91 Å². The largest absolute Gasteiger partial charge is 0.366 e. The summed E-state index contributed by atoms with van der Waals surface area (Å²) in [6.45, 7) is 4.38. The van der Waals surface area contributed by atoms with Crippen LogP contribution in [0, 0.1) is 0 Å². The van der Waals surface area contributed by atoms with Crippen molar-refractivity contribution in [3.8, 4) is 0 Å². The molecule has 0 spiro atoms. The summed E-state index contributed by atoms with van der Waals surface area (Å²) >= 11 is 0. The second-order valence-electron chi connectivity index (χ2n) is 5.64. The summed E-state index contributed by atoms with van der Waals surface area (Å²) in [7, 11) is 0. The minimum atomic E-state index is -0.251. The summed E-state index contributed by atoms with van der Waals surface area (Å²) in [4.78, 5) is 11.5. The average Bonchev–Trinajstić information content (AvgIpc) is 2.50. The molecule has 1 aromatic carbocycles. The molecule has 1 rings (SSSR count). The van der Waals surface area contributed by atoms with Gasteiger partial charge < -0.3 is 5.73 Å². The van der Waals surface area contributed by atoms with Crippen molar-refractivity contribution in [2.24, 2.45) is 5.73 Å². The normalized spacial score (nSPS) is 13.1. The Balaban J connectivity index is 2.49. The molecular formula is C19H29NO. The maximum absolute atomic E-state index is 11.5. The zero-order valence-electron chi connectivity index (χ0n) is 13.5. The standard InChI is InChI=1S/C19H29NO/c1-3-5-7-13-18(19(20)21)15-10-14-16(4-2)17-11-8-6-9-12-17/h6,8-9,11-13,16H,3-5,7,10,14-15H2,1-2H3,(H2,20,21)/b18-13-. The number of amides is 1. The van der Waals surface area contributed by atoms with Crippen LogP contribution in [0.5, 0.6) is 0 Å². The Hall–Kier alpha value is -1.57. The molecule has 0 radical (unpaired) electrons. The van der Waals surface area contributed by atoms with Crippen LogP contribution in [-0.4, -0.2) is 5.91 Å². The van der Waals surface area contributed by atoms with Crippen molar-refractivity contribution in [3.05, 3.63) is 47.5 Å². The van der Waals surface area contributed by atoms with Crippen LogP contribution in [0.1, 0.15) is 70.3 Å². The molecule has 1 atom stereocenters. The molecule has 0 aromatic heterocycles. The van der Waals surface area contributed by atoms with E-state index in [0.29, 0.717) is 5.92 Å². The minimum absolute atomic E-state index is 0.251. The summed E-state index contributed by atoms with van der Waals surface area (Å²) in [6, 6.07) is 10.6. The van der Waals surface area contributed by atoms with Crippen molar-refractivity contribution < 1.29 is 4.79 Å². The van der Waals surface area contributed by atoms with Gasteiger partial charge in [-0.25, -0.2) is 0 Å². The van der Waals surface area contributed by atoms with Gasteiger partial charge >= 0.3 is 0 Å². The number of carbonyl (C=O) groups excluding carboxylic acids is 1. The van der Waals surface area contributed by atoms with E-state index in [2.05, 4.69) is 44.2 Å². The topological polar surface area (TPSA) is 43.1 Å². The summed E-state index contributed by atoms with van der Waals surface area (Å²) in [5.74, 6) is 0.329. The van der Waals surface area contributed by atoms with E-state index in [1.165, 1.54) is 5.56 Å². The Morgan fingerprint density at radius 2 is 1.90 bits per heavy atom. The molecule has 0 fully saturated rings. The van der Waals surface area contributed by atoms with Crippen molar-refractivity contribution in [3.63, 3.8) is 0 Å². The van der Waals surface area contributed by atoms with Crippen LogP contribution >= 0.6 is 0 Å². The van der Waals surface area contributed by atoms with Crippen molar-refractivity contribution in [2.45, 2.75) is 64.7 Å². The highest BCUT2D eigenvalue weighted by molar-refractivity contribution is 5.91. The monoisotopic (exact) mass is 287 g/mol. The van der Waals surface area contributed by atoms with Crippen LogP contribution < -0.4 is 5.73 Å². The van der Waals surface area contributed by atoms with Crippen LogP contribution in [0.15, 0.2) is 42.0 Å². The fourth-order valence-electron chi connectivity index (χ4n) is 2.68. The molecule has 0 aliphatic rings. The number of hydrogen-bond donors (Lipinski definition) is 1. The van der Waals surface area contributed by atoms with E-state index >= 15 is 0 Å². The highest BCUT2D eigenvalue weighted by Gasteiger charge is 2.10. The van der Waals surface area contributed by atoms with Gasteiger partial charge in [-0.05, 0) is 43.6 Å². The van der Waals surface area contributed by atoms with Crippen LogP contribution in [0.3, 0.4) is 0 Å². The van der Waals surface area contributed by atoms with Gasteiger partial charge in [0.25, 0.3) is 0 Å². The lowest BCUT2D eigenvalue weighted by Gasteiger charge is -2.15. The Bertz CT molecular complexity index is 436. The van der Waals surface area contributed by atoms with Crippen LogP contribution in [-0.2, 0) is 4.79 Å². The van der Waals surface area contributed by atoms with E-state index in [9.17, 15) is 4.79 Å². The van der Waals surface area contributed by atoms with Gasteiger partial charge in [-0.3, -0.25) is 4.79 Å². The van der Waals surface area contributed by atoms with Crippen molar-refractivity contribution in [1.82, 2.24) is 0 Å². The van der Waals surface area contributed by atoms with Crippen LogP contribution in [0.2, 0.25) is 0 Å². The highest BCUT2D eigenvalue weighted by Crippen LogP contribution is 2.26. The third-order valence-corrected chi connectivity index (χ3v) is 4.03. The lowest BCUT2D eigenvalue weighted by atomic mass is 9.90. The summed E-state index contributed by atoms with van der Waals surface area (Å²) < 4.78 is 0. The Morgan fingerprint density at radius 3 is 2.48 bits per heavy atom. The first-order valence-corrected chi connectivity index (χ1v) is 8.22. The molecule has 1 aromatic rings. The number of rotatable bonds is 10. The van der Waals surface area contributed by atoms with Crippen molar-refractivity contribution in [1.29, 1.82) is 0 Å². The lowest BCUT2D eigenvalue weighted by Crippen LogP contribution is -2.14. The second-order valence-corrected chi connectivity index (χ2v) is 5.64. The van der Waals surface area contributed by atoms with Gasteiger partial charge in [0, 0.05) is 5.57 Å². The number of hydrogen-bond acceptors (Lipinski definition) is 1. The molecule has 0 saturated heterocycles. The Kier molecular flexibility index (Phi) is 8.49. The van der Waals surface area contributed by atoms with Gasteiger partial charge in [0.05, 0.1) is 0 Å². The van der Waals surface area contributed by atoms with E-state index in [4.69, 9.17) is 5.73 Å². The number of carbonyl (C=O) groups is 1. The number of benzene rings is 1. The molecule has 116 valence electrons. The van der Waals surface area contributed by atoms with E-state index in [1.807, 2.05) is 6.08 Å². The molecule has 2 nitrogen and oxygen atoms in total. The first-order valence-electron chi connectivity index (χ1n) is 8.22. The third-order valence-electron chi connectivity index (χ3n) is 4.03. The van der Waals surface area contributed by atoms with Gasteiger partial charge in [0.1, 0.15) is 0 Å². The smallest absolute Gasteiger partial charge is 0.244 e. The van der Waals surface area contributed by atoms with E-state index in [0.717, 1.165) is 50.5 Å². The first kappa shape index (κ1) is 17.5. The van der Waals surface area contributed by atoms with Gasteiger partial charge in [-0.1, -0.05) is 63.1 Å². The predicted octanol–water partition coefficient (Wildman–Crippen LogP) is 4.95. The molecule has 0 bridgehead atoms. The highest BCUT2D eigenvalue weighted by atomic mass is 16.1.